The first-order chi connectivity index (χ1) is 10.0. The molecule has 0 bridgehead atoms. The van der Waals surface area contributed by atoms with Crippen LogP contribution in [-0.4, -0.2) is 6.61 Å². The smallest absolute Gasteiger partial charge is 0.387 e. The van der Waals surface area contributed by atoms with Gasteiger partial charge in [-0.05, 0) is 17.5 Å². The summed E-state index contributed by atoms with van der Waals surface area (Å²) in [7, 11) is -1.44. The molecule has 0 fully saturated rings. The summed E-state index contributed by atoms with van der Waals surface area (Å²) in [5, 5.41) is 2.08. The Bertz CT molecular complexity index is 742. The molecule has 3 rings (SSSR count). The van der Waals surface area contributed by atoms with E-state index in [0.29, 0.717) is 6.61 Å². The van der Waals surface area contributed by atoms with Crippen molar-refractivity contribution in [2.45, 2.75) is 20.8 Å². The predicted octanol–water partition coefficient (Wildman–Crippen LogP) is 5.76. The first-order valence-corrected chi connectivity index (χ1v) is 8.10. The third-order valence-electron chi connectivity index (χ3n) is 3.01. The number of hydrogen-bond acceptors (Lipinski definition) is 3. The van der Waals surface area contributed by atoms with Crippen molar-refractivity contribution >= 4 is 30.2 Å². The van der Waals surface area contributed by atoms with Gasteiger partial charge in [-0.25, -0.2) is 0 Å². The first kappa shape index (κ1) is 14.2. The molecule has 0 aliphatic heterocycles. The second-order valence-corrected chi connectivity index (χ2v) is 7.30. The summed E-state index contributed by atoms with van der Waals surface area (Å²) in [6.07, 6.45) is 0. The second kappa shape index (κ2) is 5.59. The molecule has 0 amide bonds. The fraction of sp³-hybridized carbons (Fsp3) is 0.294. The van der Waals surface area contributed by atoms with E-state index in [2.05, 4.69) is 20.8 Å². The van der Waals surface area contributed by atoms with Gasteiger partial charge in [0.15, 0.2) is 0 Å². The van der Waals surface area contributed by atoms with Crippen molar-refractivity contribution in [2.75, 3.05) is 6.61 Å². The molecule has 2 aromatic carbocycles. The lowest BCUT2D eigenvalue weighted by atomic mass is 9.99. The van der Waals surface area contributed by atoms with Gasteiger partial charge in [0.1, 0.15) is 11.2 Å². The Morgan fingerprint density at radius 3 is 1.81 bits per heavy atom. The van der Waals surface area contributed by atoms with E-state index in [9.17, 15) is 0 Å². The quantitative estimate of drug-likeness (QED) is 0.603. The van der Waals surface area contributed by atoms with E-state index in [1.807, 2.05) is 48.5 Å². The van der Waals surface area contributed by atoms with Gasteiger partial charge in [0.25, 0.3) is 0 Å². The van der Waals surface area contributed by atoms with Crippen molar-refractivity contribution in [1.29, 1.82) is 0 Å². The topological polar surface area (TPSA) is 35.5 Å². The summed E-state index contributed by atoms with van der Waals surface area (Å²) in [5.41, 5.74) is 1.69. The van der Waals surface area contributed by atoms with Gasteiger partial charge in [-0.1, -0.05) is 57.2 Å². The minimum absolute atomic E-state index is 0.0698. The van der Waals surface area contributed by atoms with Gasteiger partial charge in [0, 0.05) is 10.8 Å². The van der Waals surface area contributed by atoms with Gasteiger partial charge in [-0.2, -0.15) is 0 Å². The number of para-hydroxylation sites is 2. The molecule has 0 N–H and O–H groups in total. The lowest BCUT2D eigenvalue weighted by molar-refractivity contribution is 0.238. The first-order valence-electron chi connectivity index (χ1n) is 7.00. The Labute approximate surface area is 125 Å². The van der Waals surface area contributed by atoms with E-state index >= 15 is 0 Å². The average molecular weight is 302 g/mol. The zero-order valence-electron chi connectivity index (χ0n) is 12.5. The van der Waals surface area contributed by atoms with E-state index in [1.165, 1.54) is 0 Å². The van der Waals surface area contributed by atoms with Crippen LogP contribution < -0.4 is 4.52 Å². The Balaban J connectivity index is 2.21. The molecular formula is C17H19O3P. The van der Waals surface area contributed by atoms with Gasteiger partial charge < -0.3 is 8.39 Å². The zero-order valence-corrected chi connectivity index (χ0v) is 13.4. The number of benzene rings is 2. The van der Waals surface area contributed by atoms with E-state index in [-0.39, 0.29) is 5.41 Å². The molecule has 110 valence electrons. The number of rotatable bonds is 2. The van der Waals surface area contributed by atoms with Gasteiger partial charge in [0.05, 0.1) is 6.61 Å². The normalized spacial score (nSPS) is 12.0. The lowest BCUT2D eigenvalue weighted by Crippen LogP contribution is -2.15. The number of fused-ring (bicyclic) bond motifs is 3. The Morgan fingerprint density at radius 2 is 1.33 bits per heavy atom. The van der Waals surface area contributed by atoms with Crippen molar-refractivity contribution in [2.24, 2.45) is 5.41 Å². The minimum Gasteiger partial charge on any atom is -0.399 e. The van der Waals surface area contributed by atoms with Crippen LogP contribution in [-0.2, 0) is 0 Å². The fourth-order valence-electron chi connectivity index (χ4n) is 2.02. The molecule has 4 heteroatoms. The molecule has 21 heavy (non-hydrogen) atoms. The van der Waals surface area contributed by atoms with Crippen molar-refractivity contribution in [3.05, 3.63) is 48.5 Å². The maximum atomic E-state index is 5.96. The summed E-state index contributed by atoms with van der Waals surface area (Å²) in [5.74, 6) is 0. The molecule has 3 nitrogen and oxygen atoms in total. The Morgan fingerprint density at radius 1 is 0.857 bits per heavy atom. The van der Waals surface area contributed by atoms with Crippen LogP contribution in [0, 0.1) is 5.41 Å². The molecular weight excluding hydrogens is 283 g/mol. The van der Waals surface area contributed by atoms with E-state index in [0.717, 1.165) is 21.9 Å². The molecule has 0 aliphatic rings. The SMILES string of the molecule is CC(C)(C)COp1oc2ccccc2c2ccccc2o1. The minimum atomic E-state index is -1.44. The predicted molar refractivity (Wildman–Crippen MR) is 87.2 cm³/mol. The summed E-state index contributed by atoms with van der Waals surface area (Å²) in [6.45, 7) is 6.97. The van der Waals surface area contributed by atoms with Crippen LogP contribution in [0.1, 0.15) is 20.8 Å². The molecule has 0 atom stereocenters. The largest absolute Gasteiger partial charge is 0.399 e. The van der Waals surface area contributed by atoms with Crippen LogP contribution >= 0.6 is 8.24 Å². The highest BCUT2D eigenvalue weighted by atomic mass is 31.1. The summed E-state index contributed by atoms with van der Waals surface area (Å²) in [4.78, 5) is 0. The fourth-order valence-corrected chi connectivity index (χ4v) is 3.29. The van der Waals surface area contributed by atoms with Crippen molar-refractivity contribution < 1.29 is 12.9 Å². The van der Waals surface area contributed by atoms with Crippen LogP contribution in [0.2, 0.25) is 0 Å². The zero-order chi connectivity index (χ0) is 14.9. The molecule has 0 saturated carbocycles. The third-order valence-corrected chi connectivity index (χ3v) is 4.04. The monoisotopic (exact) mass is 302 g/mol. The van der Waals surface area contributed by atoms with Crippen LogP contribution in [0.25, 0.3) is 21.9 Å². The number of hydrogen-bond donors (Lipinski definition) is 0. The van der Waals surface area contributed by atoms with Crippen LogP contribution in [0.4, 0.5) is 0 Å². The van der Waals surface area contributed by atoms with Crippen LogP contribution in [0.15, 0.2) is 56.9 Å². The highest BCUT2D eigenvalue weighted by molar-refractivity contribution is 7.31. The maximum absolute atomic E-state index is 5.96. The van der Waals surface area contributed by atoms with Gasteiger partial charge in [-0.3, -0.25) is 4.52 Å². The standard InChI is InChI=1S/C17H19O3P/c1-17(2,3)12-18-21-19-15-10-6-4-8-13(15)14-9-5-7-11-16(14)20-21/h4-11H,12H2,1-3H3. The molecule has 3 aromatic rings. The molecule has 0 aliphatic carbocycles. The van der Waals surface area contributed by atoms with Crippen LogP contribution in [0.3, 0.4) is 0 Å². The third kappa shape index (κ3) is 3.31. The van der Waals surface area contributed by atoms with Gasteiger partial charge in [-0.15, -0.1) is 0 Å². The molecule has 1 aromatic heterocycles. The summed E-state index contributed by atoms with van der Waals surface area (Å²) < 4.78 is 17.8. The maximum Gasteiger partial charge on any atom is 0.387 e. The van der Waals surface area contributed by atoms with Crippen molar-refractivity contribution in [3.8, 4) is 0 Å². The molecule has 0 radical (unpaired) electrons. The molecule has 0 unspecified atom stereocenters. The van der Waals surface area contributed by atoms with E-state index in [4.69, 9.17) is 12.9 Å². The van der Waals surface area contributed by atoms with Gasteiger partial charge >= 0.3 is 8.24 Å². The molecule has 0 saturated heterocycles. The van der Waals surface area contributed by atoms with Crippen molar-refractivity contribution in [3.63, 3.8) is 0 Å². The Hall–Kier alpha value is -1.70. The lowest BCUT2D eigenvalue weighted by Gasteiger charge is -2.15. The van der Waals surface area contributed by atoms with Crippen LogP contribution in [0.5, 0.6) is 0 Å². The highest BCUT2D eigenvalue weighted by Crippen LogP contribution is 2.34. The summed E-state index contributed by atoms with van der Waals surface area (Å²) >= 11 is 0. The van der Waals surface area contributed by atoms with Crippen molar-refractivity contribution in [1.82, 2.24) is 0 Å². The highest BCUT2D eigenvalue weighted by Gasteiger charge is 2.13. The molecule has 1 heterocycles. The molecule has 0 spiro atoms. The summed E-state index contributed by atoms with van der Waals surface area (Å²) in [6, 6.07) is 15.9. The average Bonchev–Trinajstić information content (AvgIpc) is 2.61. The second-order valence-electron chi connectivity index (χ2n) is 6.23. The van der Waals surface area contributed by atoms with E-state index < -0.39 is 8.24 Å². The van der Waals surface area contributed by atoms with Gasteiger partial charge in [0.2, 0.25) is 0 Å². The van der Waals surface area contributed by atoms with E-state index in [1.54, 1.807) is 0 Å². The Kier molecular flexibility index (Phi) is 3.79.